The molecule has 1 aliphatic rings. The summed E-state index contributed by atoms with van der Waals surface area (Å²) in [6, 6.07) is 0. The van der Waals surface area contributed by atoms with Crippen molar-refractivity contribution >= 4 is 19.7 Å². The first-order chi connectivity index (χ1) is 6.51. The molecule has 0 amide bonds. The van der Waals surface area contributed by atoms with Gasteiger partial charge >= 0.3 is 0 Å². The van der Waals surface area contributed by atoms with E-state index in [0.717, 1.165) is 19.3 Å². The van der Waals surface area contributed by atoms with Gasteiger partial charge in [0.25, 0.3) is 0 Å². The Kier molecular flexibility index (Phi) is 4.67. The van der Waals surface area contributed by atoms with Gasteiger partial charge in [-0.1, -0.05) is 13.3 Å². The smallest absolute Gasteiger partial charge is 0.232 e. The highest BCUT2D eigenvalue weighted by atomic mass is 35.7. The Balaban J connectivity index is 2.23. The monoisotopic (exact) mass is 240 g/mol. The van der Waals surface area contributed by atoms with Crippen LogP contribution in [0.25, 0.3) is 0 Å². The van der Waals surface area contributed by atoms with Crippen LogP contribution in [0.5, 0.6) is 0 Å². The Hall–Kier alpha value is 0.200. The molecular formula is C9H17ClO3S. The summed E-state index contributed by atoms with van der Waals surface area (Å²) >= 11 is 0. The molecular weight excluding hydrogens is 224 g/mol. The van der Waals surface area contributed by atoms with Crippen LogP contribution in [-0.4, -0.2) is 26.9 Å². The first-order valence-electron chi connectivity index (χ1n) is 5.05. The number of ether oxygens (including phenoxy) is 1. The van der Waals surface area contributed by atoms with E-state index in [1.54, 1.807) is 0 Å². The Bertz CT molecular complexity index is 259. The van der Waals surface area contributed by atoms with Crippen LogP contribution >= 0.6 is 10.7 Å². The third kappa shape index (κ3) is 4.62. The highest BCUT2D eigenvalue weighted by Crippen LogP contribution is 2.23. The molecule has 1 atom stereocenters. The zero-order chi connectivity index (χ0) is 10.6. The average Bonchev–Trinajstić information content (AvgIpc) is 1.97. The molecule has 3 nitrogen and oxygen atoms in total. The van der Waals surface area contributed by atoms with Crippen molar-refractivity contribution in [3.8, 4) is 0 Å². The van der Waals surface area contributed by atoms with Gasteiger partial charge in [0, 0.05) is 10.7 Å². The number of hydrogen-bond donors (Lipinski definition) is 0. The first-order valence-corrected chi connectivity index (χ1v) is 7.53. The minimum Gasteiger partial charge on any atom is -0.378 e. The SMILES string of the molecule is CCC(COC1CCC1)CS(=O)(=O)Cl. The van der Waals surface area contributed by atoms with E-state index in [1.165, 1.54) is 6.42 Å². The van der Waals surface area contributed by atoms with Crippen molar-refractivity contribution in [3.63, 3.8) is 0 Å². The number of hydrogen-bond acceptors (Lipinski definition) is 3. The summed E-state index contributed by atoms with van der Waals surface area (Å²) in [6.07, 6.45) is 4.62. The summed E-state index contributed by atoms with van der Waals surface area (Å²) in [5.41, 5.74) is 0. The van der Waals surface area contributed by atoms with Gasteiger partial charge in [0.1, 0.15) is 0 Å². The molecule has 5 heteroatoms. The molecule has 84 valence electrons. The summed E-state index contributed by atoms with van der Waals surface area (Å²) in [4.78, 5) is 0. The van der Waals surface area contributed by atoms with Crippen molar-refractivity contribution in [2.45, 2.75) is 38.7 Å². The normalized spacial score (nSPS) is 20.4. The fraction of sp³-hybridized carbons (Fsp3) is 1.00. The van der Waals surface area contributed by atoms with E-state index in [1.807, 2.05) is 6.92 Å². The van der Waals surface area contributed by atoms with E-state index in [2.05, 4.69) is 0 Å². The second-order valence-electron chi connectivity index (χ2n) is 3.87. The van der Waals surface area contributed by atoms with E-state index in [-0.39, 0.29) is 11.7 Å². The van der Waals surface area contributed by atoms with Gasteiger partial charge in [0.2, 0.25) is 9.05 Å². The topological polar surface area (TPSA) is 43.4 Å². The molecule has 0 radical (unpaired) electrons. The molecule has 1 fully saturated rings. The quantitative estimate of drug-likeness (QED) is 0.669. The van der Waals surface area contributed by atoms with Gasteiger partial charge in [-0.05, 0) is 25.2 Å². The molecule has 1 aliphatic carbocycles. The lowest BCUT2D eigenvalue weighted by atomic mass is 9.96. The van der Waals surface area contributed by atoms with Gasteiger partial charge in [0.05, 0.1) is 18.5 Å². The fourth-order valence-corrected chi connectivity index (χ4v) is 2.80. The van der Waals surface area contributed by atoms with Crippen LogP contribution in [0.4, 0.5) is 0 Å². The molecule has 0 aromatic carbocycles. The van der Waals surface area contributed by atoms with Gasteiger partial charge in [-0.25, -0.2) is 8.42 Å². The lowest BCUT2D eigenvalue weighted by Crippen LogP contribution is -2.26. The molecule has 0 aromatic heterocycles. The van der Waals surface area contributed by atoms with Crippen LogP contribution in [0.15, 0.2) is 0 Å². The lowest BCUT2D eigenvalue weighted by Gasteiger charge is -2.27. The average molecular weight is 241 g/mol. The highest BCUT2D eigenvalue weighted by Gasteiger charge is 2.21. The molecule has 0 saturated heterocycles. The predicted molar refractivity (Wildman–Crippen MR) is 57.0 cm³/mol. The van der Waals surface area contributed by atoms with Crippen LogP contribution in [-0.2, 0) is 13.8 Å². The summed E-state index contributed by atoms with van der Waals surface area (Å²) in [7, 11) is 1.81. The molecule has 0 aliphatic heterocycles. The molecule has 0 spiro atoms. The van der Waals surface area contributed by atoms with E-state index >= 15 is 0 Å². The maximum absolute atomic E-state index is 10.8. The van der Waals surface area contributed by atoms with Crippen LogP contribution in [0.3, 0.4) is 0 Å². The molecule has 0 heterocycles. The molecule has 1 unspecified atom stereocenters. The largest absolute Gasteiger partial charge is 0.378 e. The summed E-state index contributed by atoms with van der Waals surface area (Å²) in [5.74, 6) is 0.0655. The standard InChI is InChI=1S/C9H17ClO3S/c1-2-8(7-14(10,11)12)6-13-9-4-3-5-9/h8-9H,2-7H2,1H3. The van der Waals surface area contributed by atoms with Crippen LogP contribution in [0, 0.1) is 5.92 Å². The minimum atomic E-state index is -3.38. The second-order valence-corrected chi connectivity index (χ2v) is 6.69. The summed E-state index contributed by atoms with van der Waals surface area (Å²) in [5, 5.41) is 0. The minimum absolute atomic E-state index is 0.0256. The number of halogens is 1. The first kappa shape index (κ1) is 12.3. The van der Waals surface area contributed by atoms with Crippen LogP contribution in [0.1, 0.15) is 32.6 Å². The van der Waals surface area contributed by atoms with E-state index in [4.69, 9.17) is 15.4 Å². The van der Waals surface area contributed by atoms with Crippen molar-refractivity contribution in [2.24, 2.45) is 5.92 Å². The highest BCUT2D eigenvalue weighted by molar-refractivity contribution is 8.13. The Morgan fingerprint density at radius 2 is 2.14 bits per heavy atom. The zero-order valence-corrected chi connectivity index (χ0v) is 9.98. The zero-order valence-electron chi connectivity index (χ0n) is 8.41. The second kappa shape index (κ2) is 5.33. The van der Waals surface area contributed by atoms with E-state index in [0.29, 0.717) is 12.7 Å². The molecule has 0 N–H and O–H groups in total. The van der Waals surface area contributed by atoms with Crippen LogP contribution < -0.4 is 0 Å². The third-order valence-electron chi connectivity index (χ3n) is 2.63. The van der Waals surface area contributed by atoms with E-state index in [9.17, 15) is 8.42 Å². The Labute approximate surface area is 90.2 Å². The maximum atomic E-state index is 10.8. The molecule has 1 saturated carbocycles. The maximum Gasteiger partial charge on any atom is 0.232 e. The molecule has 0 aromatic rings. The van der Waals surface area contributed by atoms with Gasteiger partial charge in [-0.3, -0.25) is 0 Å². The molecule has 0 bridgehead atoms. The lowest BCUT2D eigenvalue weighted by molar-refractivity contribution is -0.0130. The Morgan fingerprint density at radius 3 is 2.50 bits per heavy atom. The van der Waals surface area contributed by atoms with Crippen molar-refractivity contribution in [1.29, 1.82) is 0 Å². The third-order valence-corrected chi connectivity index (χ3v) is 3.88. The van der Waals surface area contributed by atoms with Crippen molar-refractivity contribution < 1.29 is 13.2 Å². The van der Waals surface area contributed by atoms with Crippen molar-refractivity contribution in [2.75, 3.05) is 12.4 Å². The van der Waals surface area contributed by atoms with Crippen LogP contribution in [0.2, 0.25) is 0 Å². The predicted octanol–water partition coefficient (Wildman–Crippen LogP) is 2.15. The van der Waals surface area contributed by atoms with Gasteiger partial charge in [0.15, 0.2) is 0 Å². The number of rotatable bonds is 6. The van der Waals surface area contributed by atoms with Crippen molar-refractivity contribution in [1.82, 2.24) is 0 Å². The summed E-state index contributed by atoms with van der Waals surface area (Å²) < 4.78 is 27.2. The van der Waals surface area contributed by atoms with E-state index < -0.39 is 9.05 Å². The fourth-order valence-electron chi connectivity index (χ4n) is 1.37. The molecule has 14 heavy (non-hydrogen) atoms. The van der Waals surface area contributed by atoms with Crippen molar-refractivity contribution in [3.05, 3.63) is 0 Å². The summed E-state index contributed by atoms with van der Waals surface area (Å²) in [6.45, 7) is 2.48. The van der Waals surface area contributed by atoms with Gasteiger partial charge in [-0.15, -0.1) is 0 Å². The molecule has 1 rings (SSSR count). The van der Waals surface area contributed by atoms with Gasteiger partial charge < -0.3 is 4.74 Å². The Morgan fingerprint density at radius 1 is 1.50 bits per heavy atom. The van der Waals surface area contributed by atoms with Gasteiger partial charge in [-0.2, -0.15) is 0 Å².